The van der Waals surface area contributed by atoms with Gasteiger partial charge in [0.1, 0.15) is 0 Å². The Balaban J connectivity index is 1.58. The lowest BCUT2D eigenvalue weighted by Crippen LogP contribution is -2.10. The van der Waals surface area contributed by atoms with E-state index in [2.05, 4.69) is 47.6 Å². The fraction of sp³-hybridized carbons (Fsp3) is 0.333. The van der Waals surface area contributed by atoms with E-state index in [1.807, 2.05) is 17.5 Å². The monoisotopic (exact) mass is 352 g/mol. The van der Waals surface area contributed by atoms with E-state index in [-0.39, 0.29) is 5.91 Å². The Kier molecular flexibility index (Phi) is 6.18. The lowest BCUT2D eigenvalue weighted by Gasteiger charge is -2.02. The highest BCUT2D eigenvalue weighted by atomic mass is 32.1. The van der Waals surface area contributed by atoms with Crippen LogP contribution < -0.4 is 5.32 Å². The Hall–Kier alpha value is -2.20. The lowest BCUT2D eigenvalue weighted by atomic mass is 10.1. The molecule has 1 aromatic heterocycles. The summed E-state index contributed by atoms with van der Waals surface area (Å²) in [4.78, 5) is 16.6. The van der Waals surface area contributed by atoms with Crippen molar-refractivity contribution in [2.24, 2.45) is 0 Å². The highest BCUT2D eigenvalue weighted by Gasteiger charge is 2.08. The summed E-state index contributed by atoms with van der Waals surface area (Å²) in [5, 5.41) is 8.03. The van der Waals surface area contributed by atoms with Gasteiger partial charge in [-0.05, 0) is 23.3 Å². The Bertz CT molecular complexity index is 841. The van der Waals surface area contributed by atoms with Gasteiger partial charge in [0.15, 0.2) is 5.13 Å². The fourth-order valence-electron chi connectivity index (χ4n) is 2.88. The number of anilines is 1. The third kappa shape index (κ3) is 4.89. The Morgan fingerprint density at radius 1 is 1.04 bits per heavy atom. The van der Waals surface area contributed by atoms with E-state index in [4.69, 9.17) is 0 Å². The molecule has 0 fully saturated rings. The van der Waals surface area contributed by atoms with Crippen molar-refractivity contribution in [2.45, 2.75) is 45.4 Å². The number of unbranched alkanes of at least 4 members (excludes halogenated alkanes) is 4. The number of fused-ring (bicyclic) bond motifs is 1. The molecule has 0 saturated heterocycles. The molecule has 0 bridgehead atoms. The predicted octanol–water partition coefficient (Wildman–Crippen LogP) is 6.26. The first-order valence-electron chi connectivity index (χ1n) is 9.01. The van der Waals surface area contributed by atoms with Crippen molar-refractivity contribution in [3.63, 3.8) is 0 Å². The van der Waals surface area contributed by atoms with Gasteiger partial charge in [0.25, 0.3) is 0 Å². The molecule has 1 heterocycles. The van der Waals surface area contributed by atoms with E-state index >= 15 is 0 Å². The first kappa shape index (κ1) is 17.6. The largest absolute Gasteiger partial charge is 0.302 e. The zero-order valence-corrected chi connectivity index (χ0v) is 15.4. The van der Waals surface area contributed by atoms with Crippen molar-refractivity contribution in [1.29, 1.82) is 0 Å². The average molecular weight is 353 g/mol. The zero-order chi connectivity index (χ0) is 17.5. The molecular weight excluding hydrogens is 328 g/mol. The smallest absolute Gasteiger partial charge is 0.226 e. The quantitative estimate of drug-likeness (QED) is 0.486. The van der Waals surface area contributed by atoms with Gasteiger partial charge in [-0.2, -0.15) is 0 Å². The standard InChI is InChI=1S/C21H24N2OS/c1-2-3-4-5-6-11-20(24)23-21-22-19(15-25-21)18-13-12-16-9-7-8-10-17(16)14-18/h7-10,12-15H,2-6,11H2,1H3,(H,22,23,24). The SMILES string of the molecule is CCCCCCCC(=O)Nc1nc(-c2ccc3ccccc3c2)cs1. The molecule has 3 rings (SSSR count). The molecule has 0 aliphatic heterocycles. The summed E-state index contributed by atoms with van der Waals surface area (Å²) in [6, 6.07) is 14.6. The molecule has 3 nitrogen and oxygen atoms in total. The minimum Gasteiger partial charge on any atom is -0.302 e. The van der Waals surface area contributed by atoms with E-state index in [0.29, 0.717) is 11.6 Å². The molecule has 25 heavy (non-hydrogen) atoms. The first-order valence-corrected chi connectivity index (χ1v) is 9.89. The van der Waals surface area contributed by atoms with Crippen LogP contribution in [-0.2, 0) is 4.79 Å². The molecule has 1 amide bonds. The van der Waals surface area contributed by atoms with Crippen LogP contribution >= 0.6 is 11.3 Å². The van der Waals surface area contributed by atoms with Gasteiger partial charge >= 0.3 is 0 Å². The summed E-state index contributed by atoms with van der Waals surface area (Å²) in [7, 11) is 0. The summed E-state index contributed by atoms with van der Waals surface area (Å²) in [5.41, 5.74) is 1.99. The topological polar surface area (TPSA) is 42.0 Å². The van der Waals surface area contributed by atoms with Crippen molar-refractivity contribution in [3.05, 3.63) is 47.8 Å². The maximum absolute atomic E-state index is 12.0. The molecule has 4 heteroatoms. The van der Waals surface area contributed by atoms with Crippen LogP contribution in [0, 0.1) is 0 Å². The van der Waals surface area contributed by atoms with Gasteiger partial charge in [-0.15, -0.1) is 11.3 Å². The molecule has 0 atom stereocenters. The molecule has 0 radical (unpaired) electrons. The van der Waals surface area contributed by atoms with Crippen LogP contribution in [0.25, 0.3) is 22.0 Å². The summed E-state index contributed by atoms with van der Waals surface area (Å²) in [6.07, 6.45) is 6.35. The number of hydrogen-bond acceptors (Lipinski definition) is 3. The summed E-state index contributed by atoms with van der Waals surface area (Å²) in [5.74, 6) is 0.0657. The lowest BCUT2D eigenvalue weighted by molar-refractivity contribution is -0.116. The number of hydrogen-bond donors (Lipinski definition) is 1. The van der Waals surface area contributed by atoms with E-state index in [9.17, 15) is 4.79 Å². The van der Waals surface area contributed by atoms with Gasteiger partial charge in [0, 0.05) is 17.4 Å². The van der Waals surface area contributed by atoms with Crippen molar-refractivity contribution >= 4 is 33.1 Å². The van der Waals surface area contributed by atoms with Crippen molar-refractivity contribution in [1.82, 2.24) is 4.98 Å². The van der Waals surface area contributed by atoms with Crippen LogP contribution in [-0.4, -0.2) is 10.9 Å². The highest BCUT2D eigenvalue weighted by Crippen LogP contribution is 2.27. The molecular formula is C21H24N2OS. The molecule has 2 aromatic carbocycles. The Morgan fingerprint density at radius 2 is 1.84 bits per heavy atom. The first-order chi connectivity index (χ1) is 12.3. The minimum absolute atomic E-state index is 0.0657. The summed E-state index contributed by atoms with van der Waals surface area (Å²) in [6.45, 7) is 2.20. The van der Waals surface area contributed by atoms with Gasteiger partial charge in [0.05, 0.1) is 5.69 Å². The van der Waals surface area contributed by atoms with E-state index in [0.717, 1.165) is 24.1 Å². The number of rotatable bonds is 8. The zero-order valence-electron chi connectivity index (χ0n) is 14.6. The van der Waals surface area contributed by atoms with Crippen LogP contribution in [0.3, 0.4) is 0 Å². The third-order valence-corrected chi connectivity index (χ3v) is 5.06. The number of nitrogens with one attached hydrogen (secondary N) is 1. The average Bonchev–Trinajstić information content (AvgIpc) is 3.09. The van der Waals surface area contributed by atoms with Crippen molar-refractivity contribution in [2.75, 3.05) is 5.32 Å². The number of carbonyl (C=O) groups excluding carboxylic acids is 1. The second-order valence-electron chi connectivity index (χ2n) is 6.31. The molecule has 0 aliphatic rings. The van der Waals surface area contributed by atoms with Crippen LogP contribution in [0.1, 0.15) is 45.4 Å². The maximum Gasteiger partial charge on any atom is 0.226 e. The molecule has 0 unspecified atom stereocenters. The normalized spacial score (nSPS) is 10.9. The van der Waals surface area contributed by atoms with Gasteiger partial charge in [-0.1, -0.05) is 69.0 Å². The molecule has 0 spiro atoms. The molecule has 3 aromatic rings. The molecule has 130 valence electrons. The summed E-state index contributed by atoms with van der Waals surface area (Å²) < 4.78 is 0. The third-order valence-electron chi connectivity index (χ3n) is 4.30. The Morgan fingerprint density at radius 3 is 2.68 bits per heavy atom. The number of amides is 1. The van der Waals surface area contributed by atoms with E-state index in [1.54, 1.807) is 0 Å². The van der Waals surface area contributed by atoms with Crippen LogP contribution in [0.2, 0.25) is 0 Å². The maximum atomic E-state index is 12.0. The van der Waals surface area contributed by atoms with Crippen molar-refractivity contribution in [3.8, 4) is 11.3 Å². The molecule has 0 aliphatic carbocycles. The second-order valence-corrected chi connectivity index (χ2v) is 7.17. The predicted molar refractivity (Wildman–Crippen MR) is 107 cm³/mol. The molecule has 1 N–H and O–H groups in total. The van der Waals surface area contributed by atoms with Crippen molar-refractivity contribution < 1.29 is 4.79 Å². The number of benzene rings is 2. The van der Waals surface area contributed by atoms with E-state index in [1.165, 1.54) is 41.4 Å². The Labute approximate surface area is 153 Å². The van der Waals surface area contributed by atoms with Crippen LogP contribution in [0.4, 0.5) is 5.13 Å². The second kappa shape index (κ2) is 8.77. The van der Waals surface area contributed by atoms with Gasteiger partial charge in [-0.3, -0.25) is 4.79 Å². The van der Waals surface area contributed by atoms with Gasteiger partial charge in [0.2, 0.25) is 5.91 Å². The van der Waals surface area contributed by atoms with Gasteiger partial charge in [-0.25, -0.2) is 4.98 Å². The number of nitrogens with zero attached hydrogens (tertiary/aromatic N) is 1. The number of carbonyl (C=O) groups is 1. The van der Waals surface area contributed by atoms with Crippen LogP contribution in [0.15, 0.2) is 47.8 Å². The number of thiazole rings is 1. The van der Waals surface area contributed by atoms with Crippen LogP contribution in [0.5, 0.6) is 0 Å². The highest BCUT2D eigenvalue weighted by molar-refractivity contribution is 7.14. The summed E-state index contributed by atoms with van der Waals surface area (Å²) >= 11 is 1.48. The van der Waals surface area contributed by atoms with E-state index < -0.39 is 0 Å². The molecule has 0 saturated carbocycles. The fourth-order valence-corrected chi connectivity index (χ4v) is 3.62. The van der Waals surface area contributed by atoms with Gasteiger partial charge < -0.3 is 5.32 Å². The minimum atomic E-state index is 0.0657. The number of aromatic nitrogens is 1.